The van der Waals surface area contributed by atoms with E-state index < -0.39 is 0 Å². The van der Waals surface area contributed by atoms with Crippen LogP contribution in [0, 0.1) is 6.92 Å². The molecule has 1 aromatic carbocycles. The van der Waals surface area contributed by atoms with Gasteiger partial charge in [-0.15, -0.1) is 17.5 Å². The molecule has 1 aliphatic heterocycles. The van der Waals surface area contributed by atoms with Gasteiger partial charge in [0.1, 0.15) is 0 Å². The predicted molar refractivity (Wildman–Crippen MR) is 110 cm³/mol. The SMILES string of the molecule is Cc1c(C(=O)N(C)C(C)c2ccc(Cl)cc2Cl)nnn1C1CCNCC1.Cl. The van der Waals surface area contributed by atoms with E-state index in [0.717, 1.165) is 37.2 Å². The summed E-state index contributed by atoms with van der Waals surface area (Å²) in [5.41, 5.74) is 2.04. The van der Waals surface area contributed by atoms with E-state index in [-0.39, 0.29) is 24.4 Å². The minimum Gasteiger partial charge on any atom is -0.333 e. The molecule has 1 fully saturated rings. The molecule has 0 bridgehead atoms. The van der Waals surface area contributed by atoms with Gasteiger partial charge in [-0.2, -0.15) is 0 Å². The Labute approximate surface area is 175 Å². The lowest BCUT2D eigenvalue weighted by atomic mass is 10.1. The van der Waals surface area contributed by atoms with Gasteiger partial charge in [0.25, 0.3) is 5.91 Å². The number of nitrogens with zero attached hydrogens (tertiary/aromatic N) is 4. The molecule has 0 radical (unpaired) electrons. The Morgan fingerprint density at radius 3 is 2.63 bits per heavy atom. The Morgan fingerprint density at radius 1 is 1.33 bits per heavy atom. The topological polar surface area (TPSA) is 63.1 Å². The van der Waals surface area contributed by atoms with Crippen LogP contribution in [0.5, 0.6) is 0 Å². The Bertz CT molecular complexity index is 804. The molecule has 2 aromatic rings. The van der Waals surface area contributed by atoms with E-state index in [0.29, 0.717) is 21.8 Å². The van der Waals surface area contributed by atoms with E-state index in [2.05, 4.69) is 15.6 Å². The van der Waals surface area contributed by atoms with Crippen LogP contribution in [-0.2, 0) is 0 Å². The van der Waals surface area contributed by atoms with E-state index in [1.807, 2.05) is 24.6 Å². The van der Waals surface area contributed by atoms with E-state index in [1.165, 1.54) is 0 Å². The van der Waals surface area contributed by atoms with Gasteiger partial charge in [0.2, 0.25) is 0 Å². The molecule has 1 amide bonds. The summed E-state index contributed by atoms with van der Waals surface area (Å²) in [6.45, 7) is 5.75. The minimum atomic E-state index is -0.212. The summed E-state index contributed by atoms with van der Waals surface area (Å²) >= 11 is 12.3. The van der Waals surface area contributed by atoms with Gasteiger partial charge in [-0.25, -0.2) is 4.68 Å². The number of nitrogens with one attached hydrogen (secondary N) is 1. The standard InChI is InChI=1S/C18H23Cl2N5O.ClH/c1-11(15-5-4-13(19)10-16(15)20)24(3)18(26)17-12(2)25(23-22-17)14-6-8-21-9-7-14;/h4-5,10-11,14,21H,6-9H2,1-3H3;1H. The van der Waals surface area contributed by atoms with E-state index in [4.69, 9.17) is 23.2 Å². The van der Waals surface area contributed by atoms with Crippen molar-refractivity contribution in [3.8, 4) is 0 Å². The molecular formula is C18H24Cl3N5O. The first-order valence-electron chi connectivity index (χ1n) is 8.74. The molecule has 0 saturated carbocycles. The minimum absolute atomic E-state index is 0. The Kier molecular flexibility index (Phi) is 7.51. The van der Waals surface area contributed by atoms with E-state index >= 15 is 0 Å². The average molecular weight is 433 g/mol. The van der Waals surface area contributed by atoms with Crippen molar-refractivity contribution < 1.29 is 4.79 Å². The van der Waals surface area contributed by atoms with Gasteiger partial charge in [0, 0.05) is 17.1 Å². The smallest absolute Gasteiger partial charge is 0.276 e. The highest BCUT2D eigenvalue weighted by Gasteiger charge is 2.27. The molecule has 1 N–H and O–H groups in total. The molecule has 1 atom stereocenters. The van der Waals surface area contributed by atoms with Crippen molar-refractivity contribution in [1.82, 2.24) is 25.2 Å². The van der Waals surface area contributed by atoms with Crippen molar-refractivity contribution in [2.45, 2.75) is 38.8 Å². The fourth-order valence-corrected chi connectivity index (χ4v) is 3.89. The van der Waals surface area contributed by atoms with Crippen molar-refractivity contribution in [2.24, 2.45) is 0 Å². The molecule has 1 saturated heterocycles. The highest BCUT2D eigenvalue weighted by atomic mass is 35.5. The predicted octanol–water partition coefficient (Wildman–Crippen LogP) is 4.07. The largest absolute Gasteiger partial charge is 0.333 e. The second-order valence-corrected chi connectivity index (χ2v) is 7.55. The Morgan fingerprint density at radius 2 is 2.00 bits per heavy atom. The third-order valence-electron chi connectivity index (χ3n) is 5.10. The molecule has 148 valence electrons. The zero-order valence-electron chi connectivity index (χ0n) is 15.6. The molecule has 0 aliphatic carbocycles. The Balaban J connectivity index is 0.00000261. The number of hydrogen-bond donors (Lipinski definition) is 1. The van der Waals surface area contributed by atoms with Crippen molar-refractivity contribution in [3.05, 3.63) is 45.2 Å². The monoisotopic (exact) mass is 431 g/mol. The van der Waals surface area contributed by atoms with E-state index in [1.54, 1.807) is 24.1 Å². The fraction of sp³-hybridized carbons (Fsp3) is 0.500. The zero-order valence-corrected chi connectivity index (χ0v) is 17.9. The lowest BCUT2D eigenvalue weighted by molar-refractivity contribution is 0.0736. The van der Waals surface area contributed by atoms with Crippen LogP contribution in [0.15, 0.2) is 18.2 Å². The van der Waals surface area contributed by atoms with Crippen LogP contribution in [0.25, 0.3) is 0 Å². The van der Waals surface area contributed by atoms with E-state index in [9.17, 15) is 4.79 Å². The van der Waals surface area contributed by atoms with Crippen molar-refractivity contribution >= 4 is 41.5 Å². The van der Waals surface area contributed by atoms with Crippen LogP contribution in [-0.4, -0.2) is 45.9 Å². The zero-order chi connectivity index (χ0) is 18.8. The number of benzene rings is 1. The number of hydrogen-bond acceptors (Lipinski definition) is 4. The maximum atomic E-state index is 13.0. The van der Waals surface area contributed by atoms with Gasteiger partial charge in [-0.1, -0.05) is 34.5 Å². The number of amides is 1. The average Bonchev–Trinajstić information content (AvgIpc) is 3.02. The third kappa shape index (κ3) is 4.57. The highest BCUT2D eigenvalue weighted by Crippen LogP contribution is 2.30. The molecule has 1 aliphatic rings. The Hall–Kier alpha value is -1.34. The molecular weight excluding hydrogens is 409 g/mol. The maximum Gasteiger partial charge on any atom is 0.276 e. The first kappa shape index (κ1) is 22.0. The summed E-state index contributed by atoms with van der Waals surface area (Å²) in [4.78, 5) is 14.6. The number of rotatable bonds is 4. The first-order valence-corrected chi connectivity index (χ1v) is 9.50. The lowest BCUT2D eigenvalue weighted by Gasteiger charge is -2.26. The lowest BCUT2D eigenvalue weighted by Crippen LogP contribution is -2.31. The molecule has 0 spiro atoms. The summed E-state index contributed by atoms with van der Waals surface area (Å²) in [5.74, 6) is -0.166. The van der Waals surface area contributed by atoms with Crippen LogP contribution in [0.1, 0.15) is 53.6 Å². The van der Waals surface area contributed by atoms with Gasteiger partial charge in [0.05, 0.1) is 17.8 Å². The van der Waals surface area contributed by atoms with Crippen LogP contribution in [0.4, 0.5) is 0 Å². The molecule has 1 unspecified atom stereocenters. The molecule has 9 heteroatoms. The van der Waals surface area contributed by atoms with Crippen LogP contribution < -0.4 is 5.32 Å². The van der Waals surface area contributed by atoms with Gasteiger partial charge < -0.3 is 10.2 Å². The number of halogens is 3. The molecule has 1 aromatic heterocycles. The normalized spacial score (nSPS) is 15.9. The van der Waals surface area contributed by atoms with Gasteiger partial charge in [-0.05, 0) is 57.5 Å². The number of piperidine rings is 1. The molecule has 27 heavy (non-hydrogen) atoms. The number of carbonyl (C=O) groups is 1. The number of carbonyl (C=O) groups excluding carboxylic acids is 1. The van der Waals surface area contributed by atoms with Gasteiger partial charge in [0.15, 0.2) is 5.69 Å². The second kappa shape index (κ2) is 9.24. The van der Waals surface area contributed by atoms with Crippen molar-refractivity contribution in [1.29, 1.82) is 0 Å². The summed E-state index contributed by atoms with van der Waals surface area (Å²) in [7, 11) is 1.75. The molecule has 2 heterocycles. The quantitative estimate of drug-likeness (QED) is 0.791. The van der Waals surface area contributed by atoms with Crippen LogP contribution in [0.2, 0.25) is 10.0 Å². The number of aromatic nitrogens is 3. The maximum absolute atomic E-state index is 13.0. The summed E-state index contributed by atoms with van der Waals surface area (Å²) in [6.07, 6.45) is 1.98. The van der Waals surface area contributed by atoms with Crippen molar-refractivity contribution in [2.75, 3.05) is 20.1 Å². The van der Waals surface area contributed by atoms with Gasteiger partial charge >= 0.3 is 0 Å². The third-order valence-corrected chi connectivity index (χ3v) is 5.66. The van der Waals surface area contributed by atoms with Crippen LogP contribution in [0.3, 0.4) is 0 Å². The van der Waals surface area contributed by atoms with Crippen molar-refractivity contribution in [3.63, 3.8) is 0 Å². The van der Waals surface area contributed by atoms with Crippen LogP contribution >= 0.6 is 35.6 Å². The molecule has 6 nitrogen and oxygen atoms in total. The second-order valence-electron chi connectivity index (χ2n) is 6.71. The van der Waals surface area contributed by atoms with Gasteiger partial charge in [-0.3, -0.25) is 4.79 Å². The summed E-state index contributed by atoms with van der Waals surface area (Å²) in [5, 5.41) is 12.9. The first-order chi connectivity index (χ1) is 12.4. The summed E-state index contributed by atoms with van der Waals surface area (Å²) < 4.78 is 1.89. The summed E-state index contributed by atoms with van der Waals surface area (Å²) in [6, 6.07) is 5.38. The highest BCUT2D eigenvalue weighted by molar-refractivity contribution is 6.35. The molecule has 3 rings (SSSR count). The fourth-order valence-electron chi connectivity index (χ4n) is 3.33.